The monoisotopic (exact) mass is 320 g/mol. The Kier molecular flexibility index (Phi) is 6.72. The second kappa shape index (κ2) is 8.06. The zero-order valence-corrected chi connectivity index (χ0v) is 12.8. The van der Waals surface area contributed by atoms with E-state index in [1.165, 1.54) is 14.0 Å². The second-order valence-electron chi connectivity index (χ2n) is 4.72. The highest BCUT2D eigenvalue weighted by Crippen LogP contribution is 2.27. The fourth-order valence-corrected chi connectivity index (χ4v) is 2.08. The molecule has 0 amide bonds. The highest BCUT2D eigenvalue weighted by atomic mass is 16.7. The Morgan fingerprint density at radius 2 is 1.55 bits per heavy atom. The van der Waals surface area contributed by atoms with Gasteiger partial charge in [-0.15, -0.1) is 0 Å². The van der Waals surface area contributed by atoms with Gasteiger partial charge in [-0.25, -0.2) is 0 Å². The largest absolute Gasteiger partial charge is 0.463 e. The normalized spacial score (nSPS) is 31.2. The van der Waals surface area contributed by atoms with Gasteiger partial charge in [0.05, 0.1) is 0 Å². The number of esters is 3. The lowest BCUT2D eigenvalue weighted by Gasteiger charge is -2.42. The third kappa shape index (κ3) is 4.93. The summed E-state index contributed by atoms with van der Waals surface area (Å²) < 4.78 is 25.3. The zero-order chi connectivity index (χ0) is 16.9. The lowest BCUT2D eigenvalue weighted by atomic mass is 9.98. The molecule has 5 atom stereocenters. The van der Waals surface area contributed by atoms with E-state index < -0.39 is 48.6 Å². The van der Waals surface area contributed by atoms with Gasteiger partial charge in [-0.05, 0) is 0 Å². The van der Waals surface area contributed by atoms with E-state index in [1.54, 1.807) is 0 Å². The van der Waals surface area contributed by atoms with Crippen molar-refractivity contribution in [2.24, 2.45) is 0 Å². The summed E-state index contributed by atoms with van der Waals surface area (Å²) in [6, 6.07) is 0. The predicted octanol–water partition coefficient (Wildman–Crippen LogP) is -0.855. The van der Waals surface area contributed by atoms with Gasteiger partial charge >= 0.3 is 17.9 Å². The van der Waals surface area contributed by atoms with Crippen LogP contribution in [0.4, 0.5) is 0 Å². The fraction of sp³-hybridized carbons (Fsp3) is 0.769. The van der Waals surface area contributed by atoms with Crippen LogP contribution in [0.5, 0.6) is 0 Å². The van der Waals surface area contributed by atoms with Crippen LogP contribution in [0.1, 0.15) is 20.8 Å². The second-order valence-corrected chi connectivity index (χ2v) is 4.72. The maximum atomic E-state index is 11.2. The Morgan fingerprint density at radius 3 is 2.00 bits per heavy atom. The molecule has 1 aliphatic heterocycles. The van der Waals surface area contributed by atoms with Gasteiger partial charge in [0.1, 0.15) is 18.8 Å². The smallest absolute Gasteiger partial charge is 0.303 e. The van der Waals surface area contributed by atoms with E-state index in [9.17, 15) is 19.5 Å². The van der Waals surface area contributed by atoms with Gasteiger partial charge in [-0.2, -0.15) is 0 Å². The minimum atomic E-state index is -1.37. The van der Waals surface area contributed by atoms with Gasteiger partial charge in [0.15, 0.2) is 18.5 Å². The van der Waals surface area contributed by atoms with Crippen LogP contribution in [0.2, 0.25) is 0 Å². The summed E-state index contributed by atoms with van der Waals surface area (Å²) in [5.41, 5.74) is 0. The number of carbonyl (C=O) groups excluding carboxylic acids is 3. The van der Waals surface area contributed by atoms with E-state index in [1.807, 2.05) is 0 Å². The van der Waals surface area contributed by atoms with E-state index in [0.717, 1.165) is 13.8 Å². The van der Waals surface area contributed by atoms with Crippen molar-refractivity contribution in [2.75, 3.05) is 13.7 Å². The molecule has 0 aliphatic carbocycles. The van der Waals surface area contributed by atoms with Crippen molar-refractivity contribution in [1.29, 1.82) is 0 Å². The van der Waals surface area contributed by atoms with Crippen LogP contribution in [0.3, 0.4) is 0 Å². The molecule has 22 heavy (non-hydrogen) atoms. The van der Waals surface area contributed by atoms with Crippen molar-refractivity contribution >= 4 is 17.9 Å². The van der Waals surface area contributed by atoms with E-state index in [0.29, 0.717) is 0 Å². The van der Waals surface area contributed by atoms with Crippen LogP contribution in [-0.2, 0) is 38.1 Å². The summed E-state index contributed by atoms with van der Waals surface area (Å²) in [5.74, 6) is -1.90. The highest BCUT2D eigenvalue weighted by Gasteiger charge is 2.49. The Morgan fingerprint density at radius 1 is 1.00 bits per heavy atom. The molecule has 1 N–H and O–H groups in total. The number of aliphatic hydroxyl groups is 1. The average molecular weight is 320 g/mol. The number of hydrogen-bond donors (Lipinski definition) is 1. The summed E-state index contributed by atoms with van der Waals surface area (Å²) >= 11 is 0. The molecular formula is C13H20O9. The average Bonchev–Trinajstić information content (AvgIpc) is 2.41. The molecule has 0 aromatic heterocycles. The van der Waals surface area contributed by atoms with Crippen LogP contribution in [-0.4, -0.2) is 67.4 Å². The Bertz CT molecular complexity index is 422. The molecule has 0 spiro atoms. The third-order valence-corrected chi connectivity index (χ3v) is 2.90. The molecule has 0 unspecified atom stereocenters. The number of hydrogen-bond acceptors (Lipinski definition) is 9. The lowest BCUT2D eigenvalue weighted by Crippen LogP contribution is -2.61. The fourth-order valence-electron chi connectivity index (χ4n) is 2.08. The summed E-state index contributed by atoms with van der Waals surface area (Å²) in [6.45, 7) is 3.26. The molecule has 0 bridgehead atoms. The van der Waals surface area contributed by atoms with E-state index in [4.69, 9.17) is 23.7 Å². The molecule has 0 saturated carbocycles. The van der Waals surface area contributed by atoms with Crippen molar-refractivity contribution in [3.8, 4) is 0 Å². The lowest BCUT2D eigenvalue weighted by molar-refractivity contribution is -0.299. The van der Waals surface area contributed by atoms with Crippen molar-refractivity contribution in [3.05, 3.63) is 0 Å². The van der Waals surface area contributed by atoms with Crippen LogP contribution in [0.25, 0.3) is 0 Å². The predicted molar refractivity (Wildman–Crippen MR) is 69.4 cm³/mol. The standard InChI is InChI=1S/C13H20O9/c1-6(14)19-5-9-11(20-7(2)15)12(21-8(3)16)10(17)13(18-4)22-9/h9-13,17H,5H2,1-4H3/t9-,10+,11+,12-,13-/m1/s1. The first kappa shape index (κ1) is 18.3. The van der Waals surface area contributed by atoms with Gasteiger partial charge in [-0.1, -0.05) is 0 Å². The number of methoxy groups -OCH3 is 1. The molecule has 9 nitrogen and oxygen atoms in total. The molecular weight excluding hydrogens is 300 g/mol. The first-order chi connectivity index (χ1) is 10.3. The molecule has 126 valence electrons. The maximum absolute atomic E-state index is 11.2. The Hall–Kier alpha value is -1.71. The van der Waals surface area contributed by atoms with Gasteiger partial charge in [0.2, 0.25) is 0 Å². The quantitative estimate of drug-likeness (QED) is 0.510. The summed E-state index contributed by atoms with van der Waals surface area (Å²) in [5, 5.41) is 10.1. The zero-order valence-electron chi connectivity index (χ0n) is 12.8. The molecule has 1 aliphatic rings. The van der Waals surface area contributed by atoms with Gasteiger partial charge in [0.25, 0.3) is 0 Å². The Balaban J connectivity index is 3.00. The number of aliphatic hydroxyl groups excluding tert-OH is 1. The first-order valence-electron chi connectivity index (χ1n) is 6.60. The molecule has 1 rings (SSSR count). The van der Waals surface area contributed by atoms with Crippen LogP contribution in [0, 0.1) is 0 Å². The number of carbonyl (C=O) groups is 3. The molecule has 1 fully saturated rings. The molecule has 9 heteroatoms. The maximum Gasteiger partial charge on any atom is 0.303 e. The molecule has 1 heterocycles. The molecule has 1 saturated heterocycles. The van der Waals surface area contributed by atoms with Gasteiger partial charge in [0, 0.05) is 27.9 Å². The summed E-state index contributed by atoms with van der Waals surface area (Å²) in [6.07, 6.45) is -5.79. The molecule has 0 radical (unpaired) electrons. The van der Waals surface area contributed by atoms with Gasteiger partial charge in [-0.3, -0.25) is 14.4 Å². The van der Waals surface area contributed by atoms with E-state index in [-0.39, 0.29) is 6.61 Å². The highest BCUT2D eigenvalue weighted by molar-refractivity contribution is 5.67. The first-order valence-corrected chi connectivity index (χ1v) is 6.60. The Labute approximate surface area is 127 Å². The van der Waals surface area contributed by atoms with Crippen molar-refractivity contribution in [3.63, 3.8) is 0 Å². The van der Waals surface area contributed by atoms with Crippen LogP contribution in [0.15, 0.2) is 0 Å². The van der Waals surface area contributed by atoms with E-state index in [2.05, 4.69) is 0 Å². The van der Waals surface area contributed by atoms with Crippen molar-refractivity contribution in [2.45, 2.75) is 51.5 Å². The molecule has 0 aromatic rings. The summed E-state index contributed by atoms with van der Waals surface area (Å²) in [7, 11) is 1.29. The minimum Gasteiger partial charge on any atom is -0.463 e. The van der Waals surface area contributed by atoms with Crippen LogP contribution < -0.4 is 0 Å². The number of ether oxygens (including phenoxy) is 5. The van der Waals surface area contributed by atoms with Gasteiger partial charge < -0.3 is 28.8 Å². The number of rotatable bonds is 5. The van der Waals surface area contributed by atoms with Crippen molar-refractivity contribution in [1.82, 2.24) is 0 Å². The van der Waals surface area contributed by atoms with E-state index >= 15 is 0 Å². The minimum absolute atomic E-state index is 0.252. The summed E-state index contributed by atoms with van der Waals surface area (Å²) in [4.78, 5) is 33.4. The third-order valence-electron chi connectivity index (χ3n) is 2.90. The SMILES string of the molecule is CO[C@@H]1O[C@H](COC(C)=O)[C@H](OC(C)=O)[C@H](OC(C)=O)[C@@H]1O. The van der Waals surface area contributed by atoms with Crippen LogP contribution >= 0.6 is 0 Å². The van der Waals surface area contributed by atoms with Crippen molar-refractivity contribution < 1.29 is 43.2 Å². The molecule has 0 aromatic carbocycles. The topological polar surface area (TPSA) is 118 Å².